The minimum Gasteiger partial charge on any atom is -0.313 e. The Morgan fingerprint density at radius 1 is 1.15 bits per heavy atom. The number of thioether (sulfide) groups is 1. The van der Waals surface area contributed by atoms with Gasteiger partial charge in [0.15, 0.2) is 0 Å². The van der Waals surface area contributed by atoms with E-state index in [-0.39, 0.29) is 0 Å². The molecule has 0 spiro atoms. The average molecular weight is 289 g/mol. The zero-order chi connectivity index (χ0) is 14.2. The molecule has 4 heteroatoms. The van der Waals surface area contributed by atoms with Crippen molar-refractivity contribution in [2.24, 2.45) is 0 Å². The van der Waals surface area contributed by atoms with Gasteiger partial charge in [0.25, 0.3) is 0 Å². The van der Waals surface area contributed by atoms with Gasteiger partial charge in [-0.1, -0.05) is 38.5 Å². The van der Waals surface area contributed by atoms with Gasteiger partial charge >= 0.3 is 0 Å². The van der Waals surface area contributed by atoms with Crippen LogP contribution in [0.25, 0.3) is 10.9 Å². The summed E-state index contributed by atoms with van der Waals surface area (Å²) in [6.45, 7) is 5.54. The lowest BCUT2D eigenvalue weighted by Gasteiger charge is -2.17. The van der Waals surface area contributed by atoms with Gasteiger partial charge in [0.2, 0.25) is 0 Å². The quantitative estimate of drug-likeness (QED) is 0.591. The van der Waals surface area contributed by atoms with E-state index < -0.39 is 0 Å². The highest BCUT2D eigenvalue weighted by Gasteiger charge is 2.10. The minimum absolute atomic E-state index is 0.568. The molecule has 0 bridgehead atoms. The summed E-state index contributed by atoms with van der Waals surface area (Å²) >= 11 is 1.83. The van der Waals surface area contributed by atoms with Crippen LogP contribution in [-0.2, 0) is 0 Å². The Kier molecular flexibility index (Phi) is 6.27. The molecule has 1 unspecified atom stereocenters. The summed E-state index contributed by atoms with van der Waals surface area (Å²) in [5.41, 5.74) is 1.03. The predicted octanol–water partition coefficient (Wildman–Crippen LogP) is 3.89. The summed E-state index contributed by atoms with van der Waals surface area (Å²) in [6, 6.07) is 8.78. The van der Waals surface area contributed by atoms with Gasteiger partial charge in [-0.3, -0.25) is 0 Å². The second kappa shape index (κ2) is 8.22. The lowest BCUT2D eigenvalue weighted by Crippen LogP contribution is -2.31. The number of aromatic nitrogens is 2. The van der Waals surface area contributed by atoms with Crippen molar-refractivity contribution in [1.29, 1.82) is 0 Å². The maximum absolute atomic E-state index is 4.44. The summed E-state index contributed by atoms with van der Waals surface area (Å²) in [5.74, 6) is 1.06. The first kappa shape index (κ1) is 15.3. The predicted molar refractivity (Wildman–Crippen MR) is 87.3 cm³/mol. The Morgan fingerprint density at radius 2 is 2.00 bits per heavy atom. The molecule has 0 fully saturated rings. The fraction of sp³-hybridized carbons (Fsp3) is 0.500. The van der Waals surface area contributed by atoms with Gasteiger partial charge in [-0.05, 0) is 25.5 Å². The van der Waals surface area contributed by atoms with Gasteiger partial charge < -0.3 is 5.32 Å². The Labute approximate surface area is 125 Å². The van der Waals surface area contributed by atoms with E-state index in [1.165, 1.54) is 19.3 Å². The van der Waals surface area contributed by atoms with Gasteiger partial charge in [0.05, 0.1) is 5.52 Å². The van der Waals surface area contributed by atoms with Gasteiger partial charge in [-0.2, -0.15) is 0 Å². The Hall–Kier alpha value is -1.13. The van der Waals surface area contributed by atoms with Gasteiger partial charge in [0.1, 0.15) is 11.4 Å². The van der Waals surface area contributed by atoms with E-state index in [4.69, 9.17) is 0 Å². The molecule has 3 nitrogen and oxygen atoms in total. The van der Waals surface area contributed by atoms with Crippen molar-refractivity contribution < 1.29 is 0 Å². The van der Waals surface area contributed by atoms with E-state index in [2.05, 4.69) is 41.3 Å². The van der Waals surface area contributed by atoms with E-state index in [0.29, 0.717) is 6.04 Å². The lowest BCUT2D eigenvalue weighted by atomic mass is 10.2. The molecule has 0 saturated carbocycles. The molecule has 0 aliphatic carbocycles. The van der Waals surface area contributed by atoms with Crippen molar-refractivity contribution in [3.63, 3.8) is 0 Å². The highest BCUT2D eigenvalue weighted by molar-refractivity contribution is 7.99. The van der Waals surface area contributed by atoms with Gasteiger partial charge in [-0.15, -0.1) is 11.8 Å². The molecule has 2 aromatic rings. The van der Waals surface area contributed by atoms with Crippen LogP contribution in [0.3, 0.4) is 0 Å². The van der Waals surface area contributed by atoms with E-state index in [0.717, 1.165) is 28.2 Å². The molecule has 1 aromatic heterocycles. The first-order valence-electron chi connectivity index (χ1n) is 7.41. The van der Waals surface area contributed by atoms with Crippen LogP contribution in [0.2, 0.25) is 0 Å². The topological polar surface area (TPSA) is 37.8 Å². The number of fused-ring (bicyclic) bond motifs is 1. The second-order valence-electron chi connectivity index (χ2n) is 4.95. The number of rotatable bonds is 8. The van der Waals surface area contributed by atoms with Crippen LogP contribution in [0.15, 0.2) is 35.6 Å². The van der Waals surface area contributed by atoms with Crippen LogP contribution in [0.4, 0.5) is 0 Å². The van der Waals surface area contributed by atoms with Crippen LogP contribution >= 0.6 is 11.8 Å². The molecule has 0 radical (unpaired) electrons. The van der Waals surface area contributed by atoms with Crippen molar-refractivity contribution in [3.8, 4) is 0 Å². The number of nitrogens with one attached hydrogen (secondary N) is 1. The maximum Gasteiger partial charge on any atom is 0.117 e. The molecule has 0 amide bonds. The molecule has 1 aromatic carbocycles. The summed E-state index contributed by atoms with van der Waals surface area (Å²) in [5, 5.41) is 5.88. The normalized spacial score (nSPS) is 12.7. The molecule has 0 aliphatic rings. The van der Waals surface area contributed by atoms with Crippen LogP contribution in [-0.4, -0.2) is 28.3 Å². The highest BCUT2D eigenvalue weighted by atomic mass is 32.2. The summed E-state index contributed by atoms with van der Waals surface area (Å²) < 4.78 is 0. The molecular formula is C16H23N3S. The van der Waals surface area contributed by atoms with Crippen molar-refractivity contribution in [1.82, 2.24) is 15.3 Å². The summed E-state index contributed by atoms with van der Waals surface area (Å²) in [6.07, 6.45) is 5.28. The molecule has 108 valence electrons. The van der Waals surface area contributed by atoms with Crippen LogP contribution in [0, 0.1) is 0 Å². The first-order chi connectivity index (χ1) is 9.85. The molecule has 1 atom stereocenters. The summed E-state index contributed by atoms with van der Waals surface area (Å²) in [4.78, 5) is 8.76. The van der Waals surface area contributed by atoms with E-state index in [9.17, 15) is 0 Å². The molecule has 0 aliphatic heterocycles. The fourth-order valence-corrected chi connectivity index (χ4v) is 3.31. The lowest BCUT2D eigenvalue weighted by molar-refractivity contribution is 0.514. The zero-order valence-corrected chi connectivity index (χ0v) is 13.1. The first-order valence-corrected chi connectivity index (χ1v) is 8.39. The Morgan fingerprint density at radius 3 is 2.80 bits per heavy atom. The molecule has 0 saturated heterocycles. The van der Waals surface area contributed by atoms with E-state index >= 15 is 0 Å². The molecule has 2 rings (SSSR count). The molecular weight excluding hydrogens is 266 g/mol. The number of nitrogens with zero attached hydrogens (tertiary/aromatic N) is 2. The fourth-order valence-electron chi connectivity index (χ4n) is 2.22. The minimum atomic E-state index is 0.568. The Balaban J connectivity index is 2.03. The standard InChI is InChI=1S/C16H23N3S/c1-3-7-13(17-10-4-2)11-20-16-14-8-5-6-9-15(14)18-12-19-16/h5-6,8-9,12-13,17H,3-4,7,10-11H2,1-2H3. The van der Waals surface area contributed by atoms with Crippen molar-refractivity contribution in [2.75, 3.05) is 12.3 Å². The van der Waals surface area contributed by atoms with E-state index in [1.807, 2.05) is 23.9 Å². The van der Waals surface area contributed by atoms with Gasteiger partial charge in [0, 0.05) is 17.2 Å². The third-order valence-corrected chi connectivity index (χ3v) is 4.42. The largest absolute Gasteiger partial charge is 0.313 e. The van der Waals surface area contributed by atoms with Crippen molar-refractivity contribution in [2.45, 2.75) is 44.2 Å². The number of hydrogen-bond donors (Lipinski definition) is 1. The third kappa shape index (κ3) is 4.18. The molecule has 1 heterocycles. The molecule has 20 heavy (non-hydrogen) atoms. The smallest absolute Gasteiger partial charge is 0.117 e. The average Bonchev–Trinajstić information content (AvgIpc) is 2.50. The number of hydrogen-bond acceptors (Lipinski definition) is 4. The van der Waals surface area contributed by atoms with Crippen LogP contribution in [0.5, 0.6) is 0 Å². The summed E-state index contributed by atoms with van der Waals surface area (Å²) in [7, 11) is 0. The van der Waals surface area contributed by atoms with Crippen molar-refractivity contribution >= 4 is 22.7 Å². The maximum atomic E-state index is 4.44. The SMILES string of the molecule is CCCNC(CCC)CSc1ncnc2ccccc12. The van der Waals surface area contributed by atoms with Crippen LogP contribution < -0.4 is 5.32 Å². The third-order valence-electron chi connectivity index (χ3n) is 3.25. The zero-order valence-electron chi connectivity index (χ0n) is 12.3. The second-order valence-corrected chi connectivity index (χ2v) is 5.96. The Bertz CT molecular complexity index is 525. The highest BCUT2D eigenvalue weighted by Crippen LogP contribution is 2.25. The van der Waals surface area contributed by atoms with E-state index in [1.54, 1.807) is 6.33 Å². The monoisotopic (exact) mass is 289 g/mol. The number of benzene rings is 1. The molecule has 1 N–H and O–H groups in total. The van der Waals surface area contributed by atoms with Gasteiger partial charge in [-0.25, -0.2) is 9.97 Å². The number of para-hydroxylation sites is 1. The van der Waals surface area contributed by atoms with Crippen molar-refractivity contribution in [3.05, 3.63) is 30.6 Å². The van der Waals surface area contributed by atoms with Crippen LogP contribution in [0.1, 0.15) is 33.1 Å².